The van der Waals surface area contributed by atoms with E-state index >= 15 is 0 Å². The highest BCUT2D eigenvalue weighted by molar-refractivity contribution is 5.95. The van der Waals surface area contributed by atoms with E-state index in [4.69, 9.17) is 14.2 Å². The van der Waals surface area contributed by atoms with E-state index in [-0.39, 0.29) is 31.6 Å². The molecule has 0 N–H and O–H groups in total. The van der Waals surface area contributed by atoms with Crippen LogP contribution in [0.3, 0.4) is 0 Å². The predicted molar refractivity (Wildman–Crippen MR) is 90.3 cm³/mol. The first-order valence-corrected chi connectivity index (χ1v) is 7.98. The number of ketones is 1. The molecule has 7 heteroatoms. The van der Waals surface area contributed by atoms with Crippen molar-refractivity contribution in [3.8, 4) is 0 Å². The second kappa shape index (κ2) is 9.41. The van der Waals surface area contributed by atoms with Gasteiger partial charge in [-0.1, -0.05) is 30.3 Å². The Bertz CT molecular complexity index is 669. The number of imidazole rings is 1. The van der Waals surface area contributed by atoms with Crippen molar-refractivity contribution < 1.29 is 23.4 Å². The Morgan fingerprint density at radius 3 is 2.44 bits per heavy atom. The van der Waals surface area contributed by atoms with Crippen LogP contribution in [0.4, 0.5) is 4.39 Å². The van der Waals surface area contributed by atoms with Crippen LogP contribution in [0.15, 0.2) is 36.7 Å². The van der Waals surface area contributed by atoms with Crippen molar-refractivity contribution in [2.45, 2.75) is 19.1 Å². The van der Waals surface area contributed by atoms with Crippen molar-refractivity contribution in [1.29, 1.82) is 0 Å². The number of hydrogen-bond donors (Lipinski definition) is 0. The first-order valence-electron chi connectivity index (χ1n) is 7.98. The number of carbonyl (C=O) groups is 1. The molecule has 1 aromatic carbocycles. The van der Waals surface area contributed by atoms with Gasteiger partial charge in [0, 0.05) is 14.2 Å². The maximum atomic E-state index is 14.1. The number of hydrogen-bond acceptors (Lipinski definition) is 5. The number of ether oxygens (including phenoxy) is 3. The van der Waals surface area contributed by atoms with E-state index in [1.165, 1.54) is 25.1 Å². The van der Waals surface area contributed by atoms with Crippen LogP contribution in [0, 0.1) is 5.95 Å². The van der Waals surface area contributed by atoms with Gasteiger partial charge in [0.15, 0.2) is 0 Å². The molecule has 1 aromatic heterocycles. The van der Waals surface area contributed by atoms with Gasteiger partial charge in [0.2, 0.25) is 11.7 Å². The maximum Gasteiger partial charge on any atom is 0.242 e. The molecule has 136 valence electrons. The Morgan fingerprint density at radius 2 is 1.84 bits per heavy atom. The summed E-state index contributed by atoms with van der Waals surface area (Å²) in [6.45, 7) is 2.17. The number of methoxy groups -OCH3 is 2. The van der Waals surface area contributed by atoms with Crippen LogP contribution in [0.5, 0.6) is 0 Å². The number of halogens is 1. The van der Waals surface area contributed by atoms with Gasteiger partial charge in [-0.2, -0.15) is 4.39 Å². The average molecular weight is 350 g/mol. The summed E-state index contributed by atoms with van der Waals surface area (Å²) < 4.78 is 31.2. The number of nitrogens with zero attached hydrogens (tertiary/aromatic N) is 2. The third kappa shape index (κ3) is 4.94. The molecule has 2 aromatic rings. The Balaban J connectivity index is 2.13. The third-order valence-corrected chi connectivity index (χ3v) is 3.87. The van der Waals surface area contributed by atoms with Crippen LogP contribution in [0.2, 0.25) is 0 Å². The summed E-state index contributed by atoms with van der Waals surface area (Å²) in [7, 11) is 3.06. The molecule has 1 heterocycles. The highest BCUT2D eigenvalue weighted by atomic mass is 19.1. The van der Waals surface area contributed by atoms with E-state index in [0.717, 1.165) is 5.56 Å². The van der Waals surface area contributed by atoms with E-state index in [0.29, 0.717) is 0 Å². The van der Waals surface area contributed by atoms with Crippen LogP contribution in [-0.2, 0) is 14.2 Å². The number of benzene rings is 1. The highest BCUT2D eigenvalue weighted by Crippen LogP contribution is 2.21. The van der Waals surface area contributed by atoms with Gasteiger partial charge < -0.3 is 18.8 Å². The van der Waals surface area contributed by atoms with Crippen molar-refractivity contribution in [2.75, 3.05) is 34.0 Å². The van der Waals surface area contributed by atoms with Gasteiger partial charge in [-0.3, -0.25) is 4.79 Å². The van der Waals surface area contributed by atoms with Gasteiger partial charge in [-0.15, -0.1) is 0 Å². The Morgan fingerprint density at radius 1 is 1.20 bits per heavy atom. The fourth-order valence-corrected chi connectivity index (χ4v) is 2.56. The number of aromatic nitrogens is 2. The largest absolute Gasteiger partial charge is 0.382 e. The van der Waals surface area contributed by atoms with E-state index in [9.17, 15) is 9.18 Å². The zero-order valence-corrected chi connectivity index (χ0v) is 14.6. The quantitative estimate of drug-likeness (QED) is 0.616. The van der Waals surface area contributed by atoms with Gasteiger partial charge in [0.05, 0.1) is 25.6 Å². The second-order valence-electron chi connectivity index (χ2n) is 5.64. The molecule has 1 atom stereocenters. The first kappa shape index (κ1) is 19.2. The maximum absolute atomic E-state index is 14.1. The zero-order chi connectivity index (χ0) is 18.2. The minimum absolute atomic E-state index is 0.0927. The topological polar surface area (TPSA) is 62.6 Å². The molecule has 0 unspecified atom stereocenters. The molecule has 0 radical (unpaired) electrons. The van der Waals surface area contributed by atoms with Crippen molar-refractivity contribution in [2.24, 2.45) is 0 Å². The summed E-state index contributed by atoms with van der Waals surface area (Å²) in [4.78, 5) is 16.1. The molecule has 0 aliphatic heterocycles. The van der Waals surface area contributed by atoms with Crippen LogP contribution in [0.1, 0.15) is 29.0 Å². The third-order valence-electron chi connectivity index (χ3n) is 3.87. The molecular formula is C18H23FN2O4. The molecule has 0 saturated heterocycles. The van der Waals surface area contributed by atoms with Crippen LogP contribution in [-0.4, -0.2) is 55.5 Å². The van der Waals surface area contributed by atoms with Crippen LogP contribution < -0.4 is 0 Å². The molecule has 0 amide bonds. The molecule has 0 aliphatic carbocycles. The normalized spacial score (nSPS) is 12.5. The molecule has 0 spiro atoms. The summed E-state index contributed by atoms with van der Waals surface area (Å²) in [5.41, 5.74) is 0.858. The zero-order valence-electron chi connectivity index (χ0n) is 14.6. The van der Waals surface area contributed by atoms with Crippen molar-refractivity contribution in [3.63, 3.8) is 0 Å². The van der Waals surface area contributed by atoms with Crippen molar-refractivity contribution >= 4 is 5.78 Å². The predicted octanol–water partition coefficient (Wildman–Crippen LogP) is 2.49. The summed E-state index contributed by atoms with van der Waals surface area (Å²) in [6.07, 6.45) is 0.937. The van der Waals surface area contributed by atoms with Gasteiger partial charge in [-0.25, -0.2) is 4.98 Å². The number of Topliss-reactive ketones (excluding diaryl/α,β-unsaturated/α-hetero) is 1. The molecule has 0 fully saturated rings. The molecular weight excluding hydrogens is 327 g/mol. The second-order valence-corrected chi connectivity index (χ2v) is 5.64. The summed E-state index contributed by atoms with van der Waals surface area (Å²) in [5.74, 6) is -1.28. The number of rotatable bonds is 10. The van der Waals surface area contributed by atoms with Gasteiger partial charge in [0.1, 0.15) is 18.4 Å². The molecule has 2 rings (SSSR count). The Labute approximate surface area is 146 Å². The monoisotopic (exact) mass is 350 g/mol. The lowest BCUT2D eigenvalue weighted by Gasteiger charge is -2.18. The molecule has 25 heavy (non-hydrogen) atoms. The van der Waals surface area contributed by atoms with E-state index < -0.39 is 17.8 Å². The summed E-state index contributed by atoms with van der Waals surface area (Å²) in [5, 5.41) is 0. The minimum Gasteiger partial charge on any atom is -0.382 e. The SMILES string of the molecule is COCC(COC)OCC(=O)c1c(F)ncn1[C@H](C)c1ccccc1. The summed E-state index contributed by atoms with van der Waals surface area (Å²) in [6, 6.07) is 9.29. The smallest absolute Gasteiger partial charge is 0.242 e. The lowest BCUT2D eigenvalue weighted by molar-refractivity contribution is -0.0349. The van der Waals surface area contributed by atoms with Crippen molar-refractivity contribution in [3.05, 3.63) is 53.9 Å². The Kier molecular flexibility index (Phi) is 7.24. The van der Waals surface area contributed by atoms with Crippen molar-refractivity contribution in [1.82, 2.24) is 9.55 Å². The Hall–Kier alpha value is -2.09. The van der Waals surface area contributed by atoms with Gasteiger partial charge in [0.25, 0.3) is 0 Å². The summed E-state index contributed by atoms with van der Waals surface area (Å²) >= 11 is 0. The minimum atomic E-state index is -0.800. The molecule has 6 nitrogen and oxygen atoms in total. The van der Waals surface area contributed by atoms with Crippen LogP contribution in [0.25, 0.3) is 0 Å². The first-order chi connectivity index (χ1) is 12.1. The van der Waals surface area contributed by atoms with E-state index in [1.54, 1.807) is 0 Å². The van der Waals surface area contributed by atoms with Gasteiger partial charge >= 0.3 is 0 Å². The van der Waals surface area contributed by atoms with Crippen LogP contribution >= 0.6 is 0 Å². The standard InChI is InChI=1S/C18H23FN2O4/c1-13(14-7-5-4-6-8-14)21-12-20-18(19)17(21)16(22)11-25-15(9-23-2)10-24-3/h4-8,12-13,15H,9-11H2,1-3H3/t13-/m1/s1. The molecule has 0 saturated carbocycles. The fourth-order valence-electron chi connectivity index (χ4n) is 2.56. The lowest BCUT2D eigenvalue weighted by Crippen LogP contribution is -2.28. The van der Waals surface area contributed by atoms with E-state index in [1.807, 2.05) is 37.3 Å². The fraction of sp³-hybridized carbons (Fsp3) is 0.444. The lowest BCUT2D eigenvalue weighted by atomic mass is 10.1. The molecule has 0 aliphatic rings. The molecule has 0 bridgehead atoms. The number of carbonyl (C=O) groups excluding carboxylic acids is 1. The van der Waals surface area contributed by atoms with E-state index in [2.05, 4.69) is 4.98 Å². The highest BCUT2D eigenvalue weighted by Gasteiger charge is 2.23. The average Bonchev–Trinajstić information content (AvgIpc) is 3.01. The van der Waals surface area contributed by atoms with Gasteiger partial charge in [-0.05, 0) is 12.5 Å².